The van der Waals surface area contributed by atoms with Gasteiger partial charge in [-0.05, 0) is 17.7 Å². The molecule has 1 unspecified atom stereocenters. The van der Waals surface area contributed by atoms with Crippen LogP contribution in [0.1, 0.15) is 50.6 Å². The molecule has 1 aromatic heterocycles. The number of carbonyl (C=O) groups excluding carboxylic acids is 1. The zero-order chi connectivity index (χ0) is 17.7. The largest absolute Gasteiger partial charge is 0.387 e. The lowest BCUT2D eigenvalue weighted by Gasteiger charge is -2.12. The van der Waals surface area contributed by atoms with Gasteiger partial charge >= 0.3 is 0 Å². The molecule has 1 heterocycles. The highest BCUT2D eigenvalue weighted by atomic mass is 19.1. The van der Waals surface area contributed by atoms with E-state index < -0.39 is 6.10 Å². The van der Waals surface area contributed by atoms with Gasteiger partial charge in [0.15, 0.2) is 5.82 Å². The number of carbonyl (C=O) groups is 1. The fourth-order valence-corrected chi connectivity index (χ4v) is 1.98. The Kier molecular flexibility index (Phi) is 5.66. The maximum Gasteiger partial charge on any atom is 0.227 e. The number of halogens is 1. The number of aryl methyl sites for hydroxylation is 1. The highest BCUT2D eigenvalue weighted by molar-refractivity contribution is 5.76. The van der Waals surface area contributed by atoms with E-state index in [1.165, 1.54) is 24.3 Å². The van der Waals surface area contributed by atoms with Crippen molar-refractivity contribution >= 4 is 5.91 Å². The Bertz CT molecular complexity index is 677. The first kappa shape index (κ1) is 18.1. The molecule has 6 nitrogen and oxygen atoms in total. The molecule has 130 valence electrons. The Hall–Kier alpha value is -2.28. The van der Waals surface area contributed by atoms with Crippen molar-refractivity contribution in [2.24, 2.45) is 0 Å². The Balaban J connectivity index is 1.77. The van der Waals surface area contributed by atoms with Crippen LogP contribution in [-0.4, -0.2) is 27.7 Å². The maximum absolute atomic E-state index is 12.8. The molecule has 1 atom stereocenters. The second-order valence-electron chi connectivity index (χ2n) is 6.63. The van der Waals surface area contributed by atoms with Crippen LogP contribution in [0.25, 0.3) is 0 Å². The molecular weight excluding hydrogens is 313 g/mol. The van der Waals surface area contributed by atoms with Gasteiger partial charge in [-0.25, -0.2) is 4.39 Å². The second-order valence-corrected chi connectivity index (χ2v) is 6.63. The van der Waals surface area contributed by atoms with Crippen molar-refractivity contribution in [3.8, 4) is 0 Å². The molecule has 2 N–H and O–H groups in total. The lowest BCUT2D eigenvalue weighted by atomic mass is 9.96. The first-order valence-electron chi connectivity index (χ1n) is 7.79. The van der Waals surface area contributed by atoms with Gasteiger partial charge in [-0.2, -0.15) is 4.98 Å². The molecule has 1 amide bonds. The summed E-state index contributed by atoms with van der Waals surface area (Å²) in [7, 11) is 0. The minimum atomic E-state index is -0.884. The van der Waals surface area contributed by atoms with Crippen LogP contribution in [0.4, 0.5) is 4.39 Å². The summed E-state index contributed by atoms with van der Waals surface area (Å²) in [5, 5.41) is 16.5. The van der Waals surface area contributed by atoms with Gasteiger partial charge in [0.1, 0.15) is 5.82 Å². The van der Waals surface area contributed by atoms with Crippen molar-refractivity contribution in [1.82, 2.24) is 15.5 Å². The number of hydrogen-bond donors (Lipinski definition) is 2. The van der Waals surface area contributed by atoms with Gasteiger partial charge in [-0.1, -0.05) is 38.1 Å². The van der Waals surface area contributed by atoms with E-state index in [1.54, 1.807) is 0 Å². The molecule has 0 aliphatic carbocycles. The summed E-state index contributed by atoms with van der Waals surface area (Å²) < 4.78 is 18.0. The molecule has 0 saturated carbocycles. The number of aliphatic hydroxyl groups is 1. The molecule has 0 radical (unpaired) electrons. The van der Waals surface area contributed by atoms with Gasteiger partial charge in [0.2, 0.25) is 11.8 Å². The number of aromatic nitrogens is 2. The maximum atomic E-state index is 12.8. The zero-order valence-electron chi connectivity index (χ0n) is 14.0. The first-order valence-corrected chi connectivity index (χ1v) is 7.79. The third kappa shape index (κ3) is 5.13. The van der Waals surface area contributed by atoms with Crippen molar-refractivity contribution in [3.05, 3.63) is 47.4 Å². The van der Waals surface area contributed by atoms with E-state index in [9.17, 15) is 14.3 Å². The predicted molar refractivity (Wildman–Crippen MR) is 85.7 cm³/mol. The Labute approximate surface area is 140 Å². The highest BCUT2D eigenvalue weighted by Gasteiger charge is 2.21. The summed E-state index contributed by atoms with van der Waals surface area (Å²) in [5.41, 5.74) is 0.340. The molecule has 7 heteroatoms. The molecule has 2 rings (SSSR count). The highest BCUT2D eigenvalue weighted by Crippen LogP contribution is 2.18. The normalized spacial score (nSPS) is 12.9. The number of benzene rings is 1. The summed E-state index contributed by atoms with van der Waals surface area (Å²) in [6, 6.07) is 5.50. The second kappa shape index (κ2) is 7.53. The van der Waals surface area contributed by atoms with Crippen molar-refractivity contribution < 1.29 is 18.8 Å². The SMILES string of the molecule is CC(C)(C)c1noc(CCC(=O)NCC(O)c2ccc(F)cc2)n1. The van der Waals surface area contributed by atoms with Crippen molar-refractivity contribution in [2.75, 3.05) is 6.54 Å². The van der Waals surface area contributed by atoms with Crippen molar-refractivity contribution in [1.29, 1.82) is 0 Å². The number of nitrogens with one attached hydrogen (secondary N) is 1. The predicted octanol–water partition coefficient (Wildman–Crippen LogP) is 2.29. The Morgan fingerprint density at radius 3 is 2.58 bits per heavy atom. The molecule has 0 aliphatic heterocycles. The molecule has 0 fully saturated rings. The molecule has 0 aliphatic rings. The van der Waals surface area contributed by atoms with E-state index in [2.05, 4.69) is 15.5 Å². The van der Waals surface area contributed by atoms with Gasteiger partial charge in [-0.15, -0.1) is 0 Å². The Morgan fingerprint density at radius 1 is 1.33 bits per heavy atom. The molecule has 1 aromatic carbocycles. The van der Waals surface area contributed by atoms with E-state index in [4.69, 9.17) is 4.52 Å². The zero-order valence-corrected chi connectivity index (χ0v) is 14.0. The van der Waals surface area contributed by atoms with Gasteiger partial charge in [0, 0.05) is 24.8 Å². The molecule has 0 spiro atoms. The van der Waals surface area contributed by atoms with E-state index in [0.29, 0.717) is 23.7 Å². The lowest BCUT2D eigenvalue weighted by Crippen LogP contribution is -2.28. The molecule has 0 bridgehead atoms. The van der Waals surface area contributed by atoms with E-state index in [0.717, 1.165) is 0 Å². The van der Waals surface area contributed by atoms with Crippen LogP contribution in [-0.2, 0) is 16.6 Å². The van der Waals surface area contributed by atoms with Crippen LogP contribution in [0.5, 0.6) is 0 Å². The molecule has 0 saturated heterocycles. The molecule has 2 aromatic rings. The van der Waals surface area contributed by atoms with Crippen LogP contribution in [0.15, 0.2) is 28.8 Å². The topological polar surface area (TPSA) is 88.2 Å². The summed E-state index contributed by atoms with van der Waals surface area (Å²) >= 11 is 0. The monoisotopic (exact) mass is 335 g/mol. The average molecular weight is 335 g/mol. The fraction of sp³-hybridized carbons (Fsp3) is 0.471. The lowest BCUT2D eigenvalue weighted by molar-refractivity contribution is -0.121. The van der Waals surface area contributed by atoms with Crippen molar-refractivity contribution in [2.45, 2.75) is 45.1 Å². The van der Waals surface area contributed by atoms with E-state index in [-0.39, 0.29) is 30.1 Å². The molecule has 24 heavy (non-hydrogen) atoms. The number of amides is 1. The third-order valence-corrected chi connectivity index (χ3v) is 3.45. The minimum absolute atomic E-state index is 0.0571. The van der Waals surface area contributed by atoms with Crippen molar-refractivity contribution in [3.63, 3.8) is 0 Å². The quantitative estimate of drug-likeness (QED) is 0.845. The minimum Gasteiger partial charge on any atom is -0.387 e. The van der Waals surface area contributed by atoms with Gasteiger partial charge in [-0.3, -0.25) is 4.79 Å². The molecular formula is C17H22FN3O3. The van der Waals surface area contributed by atoms with E-state index in [1.807, 2.05) is 20.8 Å². The summed E-state index contributed by atoms with van der Waals surface area (Å²) in [4.78, 5) is 16.1. The van der Waals surface area contributed by atoms with Gasteiger partial charge < -0.3 is 14.9 Å². The Morgan fingerprint density at radius 2 is 2.00 bits per heavy atom. The number of nitrogens with zero attached hydrogens (tertiary/aromatic N) is 2. The summed E-state index contributed by atoms with van der Waals surface area (Å²) in [6.07, 6.45) is -0.367. The van der Waals surface area contributed by atoms with Crippen LogP contribution in [0.2, 0.25) is 0 Å². The summed E-state index contributed by atoms with van der Waals surface area (Å²) in [5.74, 6) is 0.412. The van der Waals surface area contributed by atoms with Crippen LogP contribution >= 0.6 is 0 Å². The number of aliphatic hydroxyl groups excluding tert-OH is 1. The van der Waals surface area contributed by atoms with Crippen LogP contribution in [0, 0.1) is 5.82 Å². The first-order chi connectivity index (χ1) is 11.3. The van der Waals surface area contributed by atoms with E-state index >= 15 is 0 Å². The van der Waals surface area contributed by atoms with Gasteiger partial charge in [0.05, 0.1) is 6.10 Å². The fourth-order valence-electron chi connectivity index (χ4n) is 1.98. The van der Waals surface area contributed by atoms with Crippen LogP contribution in [0.3, 0.4) is 0 Å². The average Bonchev–Trinajstić information content (AvgIpc) is 3.00. The van der Waals surface area contributed by atoms with Crippen LogP contribution < -0.4 is 5.32 Å². The number of rotatable bonds is 6. The smallest absolute Gasteiger partial charge is 0.227 e. The van der Waals surface area contributed by atoms with Gasteiger partial charge in [0.25, 0.3) is 0 Å². The standard InChI is InChI=1S/C17H22FN3O3/c1-17(2,3)16-20-15(24-21-16)9-8-14(23)19-10-13(22)11-4-6-12(18)7-5-11/h4-7,13,22H,8-10H2,1-3H3,(H,19,23). The number of hydrogen-bond acceptors (Lipinski definition) is 5. The summed E-state index contributed by atoms with van der Waals surface area (Å²) in [6.45, 7) is 5.99. The third-order valence-electron chi connectivity index (χ3n) is 3.45.